The largest absolute Gasteiger partial charge is 0.392 e. The second kappa shape index (κ2) is 5.10. The van der Waals surface area contributed by atoms with Gasteiger partial charge in [0.15, 0.2) is 0 Å². The Bertz CT molecular complexity index is 310. The van der Waals surface area contributed by atoms with Gasteiger partial charge in [-0.2, -0.15) is 0 Å². The lowest BCUT2D eigenvalue weighted by molar-refractivity contribution is 0.0904. The molecule has 2 nitrogen and oxygen atoms in total. The molecule has 0 radical (unpaired) electrons. The third-order valence-electron chi connectivity index (χ3n) is 3.06. The van der Waals surface area contributed by atoms with Crippen molar-refractivity contribution in [2.75, 3.05) is 0 Å². The van der Waals surface area contributed by atoms with E-state index in [1.165, 1.54) is 22.6 Å². The van der Waals surface area contributed by atoms with Gasteiger partial charge >= 0.3 is 0 Å². The molecule has 0 saturated heterocycles. The molecule has 1 aliphatic carbocycles. The number of aliphatic hydroxyl groups excluding tert-OH is 1. The molecule has 0 unspecified atom stereocenters. The minimum absolute atomic E-state index is 0.139. The van der Waals surface area contributed by atoms with E-state index >= 15 is 0 Å². The van der Waals surface area contributed by atoms with E-state index in [4.69, 9.17) is 0 Å². The Morgan fingerprint density at radius 2 is 2.20 bits per heavy atom. The summed E-state index contributed by atoms with van der Waals surface area (Å²) in [5.41, 5.74) is 0. The average molecular weight is 225 g/mol. The van der Waals surface area contributed by atoms with Crippen LogP contribution in [0.3, 0.4) is 0 Å². The molecule has 1 saturated carbocycles. The summed E-state index contributed by atoms with van der Waals surface area (Å²) >= 11 is 1.83. The Hall–Kier alpha value is -0.380. The minimum Gasteiger partial charge on any atom is -0.392 e. The molecule has 0 amide bonds. The Labute approximate surface area is 95.3 Å². The van der Waals surface area contributed by atoms with Gasteiger partial charge in [0.25, 0.3) is 0 Å². The van der Waals surface area contributed by atoms with E-state index in [9.17, 15) is 5.11 Å². The molecular weight excluding hydrogens is 206 g/mol. The van der Waals surface area contributed by atoms with Gasteiger partial charge < -0.3 is 10.4 Å². The summed E-state index contributed by atoms with van der Waals surface area (Å²) < 4.78 is 0. The lowest BCUT2D eigenvalue weighted by Gasteiger charge is -2.28. The molecule has 1 fully saturated rings. The summed E-state index contributed by atoms with van der Waals surface area (Å²) in [5, 5.41) is 13.3. The van der Waals surface area contributed by atoms with Crippen LogP contribution in [0.1, 0.15) is 35.4 Å². The molecule has 1 aliphatic rings. The molecule has 1 heterocycles. The SMILES string of the molecule is Cc1ccc(CN[C@H]2CCCC[C@@H]2O)s1. The van der Waals surface area contributed by atoms with Gasteiger partial charge in [0, 0.05) is 22.3 Å². The van der Waals surface area contributed by atoms with E-state index in [2.05, 4.69) is 24.4 Å². The minimum atomic E-state index is -0.139. The highest BCUT2D eigenvalue weighted by molar-refractivity contribution is 7.11. The normalized spacial score (nSPS) is 26.8. The van der Waals surface area contributed by atoms with Crippen molar-refractivity contribution in [2.24, 2.45) is 0 Å². The van der Waals surface area contributed by atoms with Crippen LogP contribution >= 0.6 is 11.3 Å². The Balaban J connectivity index is 1.81. The summed E-state index contributed by atoms with van der Waals surface area (Å²) in [5.74, 6) is 0. The Morgan fingerprint density at radius 3 is 2.87 bits per heavy atom. The number of rotatable bonds is 3. The summed E-state index contributed by atoms with van der Waals surface area (Å²) in [6, 6.07) is 4.63. The predicted octanol–water partition coefficient (Wildman–Crippen LogP) is 2.45. The molecule has 2 rings (SSSR count). The topological polar surface area (TPSA) is 32.3 Å². The maximum atomic E-state index is 9.79. The van der Waals surface area contributed by atoms with E-state index in [1.807, 2.05) is 11.3 Å². The molecule has 1 aromatic rings. The van der Waals surface area contributed by atoms with Crippen LogP contribution in [0.25, 0.3) is 0 Å². The van der Waals surface area contributed by atoms with Crippen LogP contribution < -0.4 is 5.32 Å². The van der Waals surface area contributed by atoms with E-state index < -0.39 is 0 Å². The van der Waals surface area contributed by atoms with Crippen molar-refractivity contribution in [3.05, 3.63) is 21.9 Å². The van der Waals surface area contributed by atoms with Crippen LogP contribution in [-0.4, -0.2) is 17.3 Å². The lowest BCUT2D eigenvalue weighted by Crippen LogP contribution is -2.41. The number of hydrogen-bond acceptors (Lipinski definition) is 3. The van der Waals surface area contributed by atoms with Gasteiger partial charge in [-0.25, -0.2) is 0 Å². The van der Waals surface area contributed by atoms with Crippen molar-refractivity contribution < 1.29 is 5.11 Å². The maximum Gasteiger partial charge on any atom is 0.0693 e. The molecule has 0 aromatic carbocycles. The first kappa shape index (κ1) is 11.1. The van der Waals surface area contributed by atoms with Crippen molar-refractivity contribution >= 4 is 11.3 Å². The van der Waals surface area contributed by atoms with E-state index in [-0.39, 0.29) is 6.10 Å². The molecule has 0 bridgehead atoms. The van der Waals surface area contributed by atoms with Gasteiger partial charge in [0.05, 0.1) is 6.10 Å². The number of aryl methyl sites for hydroxylation is 1. The highest BCUT2D eigenvalue weighted by atomic mass is 32.1. The standard InChI is InChI=1S/C12H19NOS/c1-9-6-7-10(15-9)8-13-11-4-2-3-5-12(11)14/h6-7,11-14H,2-5,8H2,1H3/t11-,12-/m0/s1. The summed E-state index contributed by atoms with van der Waals surface area (Å²) in [4.78, 5) is 2.72. The van der Waals surface area contributed by atoms with Crippen LogP contribution in [0.15, 0.2) is 12.1 Å². The molecule has 15 heavy (non-hydrogen) atoms. The number of thiophene rings is 1. The Kier molecular flexibility index (Phi) is 3.78. The van der Waals surface area contributed by atoms with Crippen LogP contribution in [0.5, 0.6) is 0 Å². The second-order valence-electron chi connectivity index (χ2n) is 4.35. The highest BCUT2D eigenvalue weighted by Gasteiger charge is 2.22. The van der Waals surface area contributed by atoms with Gasteiger partial charge in [-0.3, -0.25) is 0 Å². The summed E-state index contributed by atoms with van der Waals surface area (Å²) in [7, 11) is 0. The fourth-order valence-corrected chi connectivity index (χ4v) is 3.00. The van der Waals surface area contributed by atoms with Crippen molar-refractivity contribution in [1.82, 2.24) is 5.32 Å². The average Bonchev–Trinajstić information content (AvgIpc) is 2.63. The molecule has 0 spiro atoms. The maximum absolute atomic E-state index is 9.79. The van der Waals surface area contributed by atoms with Gasteiger partial charge in [-0.05, 0) is 31.9 Å². The van der Waals surface area contributed by atoms with E-state index in [1.54, 1.807) is 0 Å². The van der Waals surface area contributed by atoms with Gasteiger partial charge in [-0.1, -0.05) is 12.8 Å². The molecule has 3 heteroatoms. The van der Waals surface area contributed by atoms with Crippen molar-refractivity contribution in [3.8, 4) is 0 Å². The molecular formula is C12H19NOS. The molecule has 84 valence electrons. The van der Waals surface area contributed by atoms with E-state index in [0.717, 1.165) is 19.4 Å². The van der Waals surface area contributed by atoms with Gasteiger partial charge in [0.2, 0.25) is 0 Å². The zero-order chi connectivity index (χ0) is 10.7. The molecule has 1 aromatic heterocycles. The van der Waals surface area contributed by atoms with Crippen LogP contribution in [-0.2, 0) is 6.54 Å². The van der Waals surface area contributed by atoms with Crippen LogP contribution in [0.2, 0.25) is 0 Å². The van der Waals surface area contributed by atoms with Crippen LogP contribution in [0, 0.1) is 6.92 Å². The third kappa shape index (κ3) is 3.03. The lowest BCUT2D eigenvalue weighted by atomic mass is 9.92. The molecule has 2 N–H and O–H groups in total. The number of aliphatic hydroxyl groups is 1. The summed E-state index contributed by atoms with van der Waals surface area (Å²) in [6.45, 7) is 3.03. The summed E-state index contributed by atoms with van der Waals surface area (Å²) in [6.07, 6.45) is 4.36. The van der Waals surface area contributed by atoms with Gasteiger partial charge in [-0.15, -0.1) is 11.3 Å². The van der Waals surface area contributed by atoms with Crippen molar-refractivity contribution in [1.29, 1.82) is 0 Å². The first-order valence-corrected chi connectivity index (χ1v) is 6.54. The molecule has 0 aliphatic heterocycles. The number of nitrogens with one attached hydrogen (secondary N) is 1. The van der Waals surface area contributed by atoms with Crippen LogP contribution in [0.4, 0.5) is 0 Å². The van der Waals surface area contributed by atoms with E-state index in [0.29, 0.717) is 6.04 Å². The van der Waals surface area contributed by atoms with Crippen molar-refractivity contribution in [3.63, 3.8) is 0 Å². The fourth-order valence-electron chi connectivity index (χ4n) is 2.16. The second-order valence-corrected chi connectivity index (χ2v) is 5.72. The zero-order valence-electron chi connectivity index (χ0n) is 9.20. The quantitative estimate of drug-likeness (QED) is 0.828. The first-order chi connectivity index (χ1) is 7.25. The van der Waals surface area contributed by atoms with Crippen molar-refractivity contribution in [2.45, 2.75) is 51.3 Å². The Morgan fingerprint density at radius 1 is 1.40 bits per heavy atom. The zero-order valence-corrected chi connectivity index (χ0v) is 10.0. The molecule has 2 atom stereocenters. The predicted molar refractivity (Wildman–Crippen MR) is 64.2 cm³/mol. The third-order valence-corrected chi connectivity index (χ3v) is 4.06. The monoisotopic (exact) mass is 225 g/mol. The number of hydrogen-bond donors (Lipinski definition) is 2. The van der Waals surface area contributed by atoms with Gasteiger partial charge in [0.1, 0.15) is 0 Å². The first-order valence-electron chi connectivity index (χ1n) is 5.72. The fraction of sp³-hybridized carbons (Fsp3) is 0.667. The highest BCUT2D eigenvalue weighted by Crippen LogP contribution is 2.20. The smallest absolute Gasteiger partial charge is 0.0693 e.